The fourth-order valence-corrected chi connectivity index (χ4v) is 11.8. The van der Waals surface area contributed by atoms with Crippen LogP contribution < -0.4 is 0 Å². The largest absolute Gasteiger partial charge is 0.417 e. The van der Waals surface area contributed by atoms with Gasteiger partial charge >= 0.3 is 0 Å². The molecular weight excluding hydrogens is 649 g/mol. The number of allylic oxidation sites excluding steroid dienone is 3. The van der Waals surface area contributed by atoms with Gasteiger partial charge in [0.2, 0.25) is 0 Å². The molecule has 0 saturated heterocycles. The lowest BCUT2D eigenvalue weighted by Gasteiger charge is -2.46. The lowest BCUT2D eigenvalue weighted by molar-refractivity contribution is 0.0961. The molecule has 0 amide bonds. The van der Waals surface area contributed by atoms with Gasteiger partial charge in [-0.25, -0.2) is 0 Å². The van der Waals surface area contributed by atoms with E-state index < -0.39 is 25.0 Å². The van der Waals surface area contributed by atoms with Crippen molar-refractivity contribution in [1.29, 1.82) is 0 Å². The van der Waals surface area contributed by atoms with Crippen LogP contribution in [0, 0.1) is 23.2 Å². The minimum Gasteiger partial charge on any atom is -0.417 e. The van der Waals surface area contributed by atoms with Crippen molar-refractivity contribution < 1.29 is 13.3 Å². The van der Waals surface area contributed by atoms with Crippen LogP contribution in [0.5, 0.6) is 0 Å². The second kappa shape index (κ2) is 15.6. The van der Waals surface area contributed by atoms with Gasteiger partial charge in [-0.05, 0) is 135 Å². The summed E-state index contributed by atoms with van der Waals surface area (Å²) in [6, 6.07) is 0. The monoisotopic (exact) mass is 731 g/mol. The fourth-order valence-electron chi connectivity index (χ4n) is 8.17. The van der Waals surface area contributed by atoms with Crippen molar-refractivity contribution >= 4 is 25.0 Å². The maximum absolute atomic E-state index is 7.41. The Hall–Kier alpha value is -0.249. The highest BCUT2D eigenvalue weighted by Gasteiger charge is 2.50. The summed E-state index contributed by atoms with van der Waals surface area (Å²) in [6.45, 7) is 44.0. The smallest absolute Gasteiger partial charge is 0.192 e. The molecule has 284 valence electrons. The number of rotatable bonds is 11. The van der Waals surface area contributed by atoms with Crippen molar-refractivity contribution in [1.82, 2.24) is 0 Å². The van der Waals surface area contributed by atoms with Gasteiger partial charge in [0.15, 0.2) is 25.0 Å². The summed E-state index contributed by atoms with van der Waals surface area (Å²) < 4.78 is 21.5. The van der Waals surface area contributed by atoms with Gasteiger partial charge in [0.05, 0.1) is 12.2 Å². The van der Waals surface area contributed by atoms with E-state index in [9.17, 15) is 0 Å². The van der Waals surface area contributed by atoms with Crippen molar-refractivity contribution in [2.75, 3.05) is 6.61 Å². The quantitative estimate of drug-likeness (QED) is 0.120. The Bertz CT molecular complexity index is 1160. The molecule has 3 saturated carbocycles. The van der Waals surface area contributed by atoms with Crippen molar-refractivity contribution in [3.8, 4) is 0 Å². The summed E-state index contributed by atoms with van der Waals surface area (Å²) in [5, 5.41) is 0.498. The van der Waals surface area contributed by atoms with Gasteiger partial charge in [0, 0.05) is 6.61 Å². The molecule has 3 aliphatic rings. The fraction of sp³-hybridized carbons (Fsp3) is 0.860. The summed E-state index contributed by atoms with van der Waals surface area (Å²) in [5.41, 5.74) is 5.09. The van der Waals surface area contributed by atoms with Crippen LogP contribution in [0.2, 0.25) is 54.4 Å². The van der Waals surface area contributed by atoms with Gasteiger partial charge in [-0.1, -0.05) is 119 Å². The van der Waals surface area contributed by atoms with E-state index in [4.69, 9.17) is 13.3 Å². The number of fused-ring (bicyclic) bond motifs is 1. The van der Waals surface area contributed by atoms with E-state index in [0.717, 1.165) is 43.6 Å². The van der Waals surface area contributed by atoms with Crippen molar-refractivity contribution in [3.63, 3.8) is 0 Å². The average Bonchev–Trinajstić information content (AvgIpc) is 3.30. The van der Waals surface area contributed by atoms with Crippen LogP contribution >= 0.6 is 0 Å². The molecule has 0 spiro atoms. The summed E-state index contributed by atoms with van der Waals surface area (Å²) >= 11 is 0. The summed E-state index contributed by atoms with van der Waals surface area (Å²) in [4.78, 5) is 0. The summed E-state index contributed by atoms with van der Waals surface area (Å²) in [5.74, 6) is 2.44. The Morgan fingerprint density at radius 1 is 0.776 bits per heavy atom. The van der Waals surface area contributed by atoms with Crippen molar-refractivity contribution in [2.45, 2.75) is 207 Å². The first-order chi connectivity index (χ1) is 22.2. The highest BCUT2D eigenvalue weighted by molar-refractivity contribution is 6.75. The highest BCUT2D eigenvalue weighted by atomic mass is 28.4. The van der Waals surface area contributed by atoms with Crippen LogP contribution in [-0.2, 0) is 13.3 Å². The normalized spacial score (nSPS) is 29.3. The van der Waals surface area contributed by atoms with E-state index >= 15 is 0 Å². The molecule has 0 radical (unpaired) electrons. The van der Waals surface area contributed by atoms with Crippen molar-refractivity contribution in [3.05, 3.63) is 34.9 Å². The Kier molecular flexibility index (Phi) is 13.8. The second-order valence-electron chi connectivity index (χ2n) is 21.3. The third-order valence-electron chi connectivity index (χ3n) is 14.8. The molecule has 6 heteroatoms. The molecule has 3 nitrogen and oxygen atoms in total. The second-order valence-corrected chi connectivity index (χ2v) is 35.6. The Labute approximate surface area is 309 Å². The molecule has 0 aromatic carbocycles. The van der Waals surface area contributed by atoms with Crippen LogP contribution in [0.3, 0.4) is 0 Å². The first-order valence-electron chi connectivity index (χ1n) is 20.2. The zero-order valence-corrected chi connectivity index (χ0v) is 38.9. The zero-order valence-electron chi connectivity index (χ0n) is 35.9. The molecule has 3 aliphatic carbocycles. The molecule has 49 heavy (non-hydrogen) atoms. The minimum atomic E-state index is -2.05. The summed E-state index contributed by atoms with van der Waals surface area (Å²) in [7, 11) is -5.91. The first-order valence-corrected chi connectivity index (χ1v) is 29.0. The van der Waals surface area contributed by atoms with Gasteiger partial charge in [-0.15, -0.1) is 0 Å². The van der Waals surface area contributed by atoms with E-state index in [1.807, 2.05) is 0 Å². The van der Waals surface area contributed by atoms with Crippen molar-refractivity contribution in [2.24, 2.45) is 23.2 Å². The first kappa shape index (κ1) is 43.2. The topological polar surface area (TPSA) is 27.7 Å². The SMILES string of the molecule is CC[C@@H](C)[C@H]1CC[C@H]2/C(=C/C=C3C[C@@H](O[Si](C)(C)C(C)(C)C)C(=CCCO[Si](C)(C)C(C)(C)C)[C@H](O[Si](C)(C)C(C)(C)C)C3)CCC[C@]12C. The molecule has 0 aromatic rings. The van der Waals surface area contributed by atoms with E-state index in [-0.39, 0.29) is 27.3 Å². The maximum atomic E-state index is 7.41. The lowest BCUT2D eigenvalue weighted by atomic mass is 9.61. The molecule has 0 aliphatic heterocycles. The van der Waals surface area contributed by atoms with Gasteiger partial charge in [-0.2, -0.15) is 0 Å². The molecule has 0 unspecified atom stereocenters. The van der Waals surface area contributed by atoms with E-state index in [0.29, 0.717) is 5.41 Å². The Balaban J connectivity index is 2.03. The molecular formula is C43H82O3Si3. The predicted molar refractivity (Wildman–Crippen MR) is 223 cm³/mol. The Morgan fingerprint density at radius 2 is 1.29 bits per heavy atom. The molecule has 3 fully saturated rings. The van der Waals surface area contributed by atoms with Crippen LogP contribution in [0.15, 0.2) is 34.9 Å². The minimum absolute atomic E-state index is 0.0554. The maximum Gasteiger partial charge on any atom is 0.192 e. The lowest BCUT2D eigenvalue weighted by Crippen LogP contribution is -2.50. The molecule has 0 N–H and O–H groups in total. The van der Waals surface area contributed by atoms with E-state index in [1.165, 1.54) is 49.7 Å². The zero-order chi connectivity index (χ0) is 37.4. The highest BCUT2D eigenvalue weighted by Crippen LogP contribution is 2.60. The summed E-state index contributed by atoms with van der Waals surface area (Å²) in [6.07, 6.45) is 18.7. The van der Waals surface area contributed by atoms with Gasteiger partial charge < -0.3 is 13.3 Å². The van der Waals surface area contributed by atoms with E-state index in [1.54, 1.807) is 5.57 Å². The molecule has 0 bridgehead atoms. The van der Waals surface area contributed by atoms with Crippen LogP contribution in [-0.4, -0.2) is 43.8 Å². The van der Waals surface area contributed by atoms with Gasteiger partial charge in [0.1, 0.15) is 0 Å². The van der Waals surface area contributed by atoms with Crippen LogP contribution in [0.25, 0.3) is 0 Å². The molecule has 6 atom stereocenters. The molecule has 0 heterocycles. The third-order valence-corrected chi connectivity index (χ3v) is 28.3. The van der Waals surface area contributed by atoms with Crippen LogP contribution in [0.1, 0.15) is 141 Å². The standard InChI is InChI=1S/C43H82O3Si3/c1-19-32(2)36-26-27-37-34(22-20-28-43(36,37)12)25-24-33-30-38(45-48(15,16)41(6,7)8)35(23-21-29-44-47(13,14)40(3,4)5)39(31-33)46-49(17,18)42(9,10)11/h23-25,32,36-39H,19-22,26-31H2,1-18H3/b33-24?,34-25+,35-23?/t32-,36-,37+,38-,39-,43-/m1/s1. The Morgan fingerprint density at radius 3 is 1.76 bits per heavy atom. The number of hydrogen-bond acceptors (Lipinski definition) is 3. The molecule has 3 rings (SSSR count). The van der Waals surface area contributed by atoms with Crippen LogP contribution in [0.4, 0.5) is 0 Å². The predicted octanol–water partition coefficient (Wildman–Crippen LogP) is 14.0. The molecule has 0 aromatic heterocycles. The van der Waals surface area contributed by atoms with Gasteiger partial charge in [-0.3, -0.25) is 0 Å². The van der Waals surface area contributed by atoms with E-state index in [2.05, 4.69) is 141 Å². The van der Waals surface area contributed by atoms with Gasteiger partial charge in [0.25, 0.3) is 0 Å². The third kappa shape index (κ3) is 10.0. The average molecular weight is 731 g/mol. The number of hydrogen-bond donors (Lipinski definition) is 0.